The van der Waals surface area contributed by atoms with Crippen LogP contribution in [0.15, 0.2) is 48.5 Å². The highest BCUT2D eigenvalue weighted by Gasteiger charge is 2.24. The molecule has 0 aliphatic rings. The number of rotatable bonds is 9. The molecule has 0 atom stereocenters. The molecule has 2 heterocycles. The van der Waals surface area contributed by atoms with E-state index in [1.165, 1.54) is 6.92 Å². The van der Waals surface area contributed by atoms with E-state index < -0.39 is 5.97 Å². The van der Waals surface area contributed by atoms with Gasteiger partial charge in [0, 0.05) is 25.5 Å². The number of aromatic amines is 1. The Hall–Kier alpha value is -4.34. The van der Waals surface area contributed by atoms with Gasteiger partial charge in [0.2, 0.25) is 11.7 Å². The molecule has 0 fully saturated rings. The van der Waals surface area contributed by atoms with Crippen LogP contribution in [0.25, 0.3) is 22.5 Å². The van der Waals surface area contributed by atoms with Crippen molar-refractivity contribution in [3.8, 4) is 22.5 Å². The Labute approximate surface area is 196 Å². The fourth-order valence-corrected chi connectivity index (χ4v) is 3.87. The van der Waals surface area contributed by atoms with E-state index in [0.717, 1.165) is 35.1 Å². The first-order chi connectivity index (χ1) is 16.5. The standard InChI is InChI=1S/C24H25N7O3/c1-3-4-10-20-26-23(25-15(2)32)21(24(33)34)31(20)14-16-11-12-18(17-8-6-5-7-9-17)19(13-16)22-27-29-30-28-22/h5-9,11-13H,3-4,10,14H2,1-2H3,(H,25,32)(H,33,34)(H,27,28,29,30). The Morgan fingerprint density at radius 1 is 1.12 bits per heavy atom. The molecule has 4 aromatic rings. The van der Waals surface area contributed by atoms with Gasteiger partial charge in [-0.3, -0.25) is 4.79 Å². The largest absolute Gasteiger partial charge is 0.476 e. The van der Waals surface area contributed by atoms with Gasteiger partial charge in [0.25, 0.3) is 0 Å². The van der Waals surface area contributed by atoms with Crippen LogP contribution in [-0.2, 0) is 17.8 Å². The summed E-state index contributed by atoms with van der Waals surface area (Å²) in [5.41, 5.74) is 3.49. The Kier molecular flexibility index (Phi) is 6.77. The first-order valence-corrected chi connectivity index (χ1v) is 11.0. The summed E-state index contributed by atoms with van der Waals surface area (Å²) in [5.74, 6) is -0.421. The van der Waals surface area contributed by atoms with Crippen molar-refractivity contribution in [2.75, 3.05) is 5.32 Å². The lowest BCUT2D eigenvalue weighted by atomic mass is 9.97. The van der Waals surface area contributed by atoms with Crippen LogP contribution in [0, 0.1) is 0 Å². The lowest BCUT2D eigenvalue weighted by Gasteiger charge is -2.13. The van der Waals surface area contributed by atoms with Crippen LogP contribution in [-0.4, -0.2) is 47.2 Å². The Balaban J connectivity index is 1.80. The lowest BCUT2D eigenvalue weighted by Crippen LogP contribution is -2.15. The van der Waals surface area contributed by atoms with Crippen molar-refractivity contribution >= 4 is 17.7 Å². The number of aryl methyl sites for hydroxylation is 1. The number of carboxylic acid groups (broad SMARTS) is 1. The smallest absolute Gasteiger partial charge is 0.356 e. The van der Waals surface area contributed by atoms with Gasteiger partial charge < -0.3 is 15.0 Å². The number of nitrogens with zero attached hydrogens (tertiary/aromatic N) is 5. The summed E-state index contributed by atoms with van der Waals surface area (Å²) in [6.45, 7) is 3.64. The summed E-state index contributed by atoms with van der Waals surface area (Å²) in [5, 5.41) is 27.0. The quantitative estimate of drug-likeness (QED) is 0.346. The number of carbonyl (C=O) groups excluding carboxylic acids is 1. The van der Waals surface area contributed by atoms with E-state index in [9.17, 15) is 14.7 Å². The van der Waals surface area contributed by atoms with Crippen LogP contribution in [0.2, 0.25) is 0 Å². The molecule has 0 saturated heterocycles. The zero-order chi connectivity index (χ0) is 24.1. The van der Waals surface area contributed by atoms with Crippen LogP contribution >= 0.6 is 0 Å². The molecule has 2 aromatic carbocycles. The van der Waals surface area contributed by atoms with Gasteiger partial charge in [-0.25, -0.2) is 9.78 Å². The number of hydrogen-bond donors (Lipinski definition) is 3. The van der Waals surface area contributed by atoms with E-state index in [1.807, 2.05) is 48.5 Å². The van der Waals surface area contributed by atoms with E-state index in [4.69, 9.17) is 0 Å². The molecule has 3 N–H and O–H groups in total. The lowest BCUT2D eigenvalue weighted by molar-refractivity contribution is -0.114. The van der Waals surface area contributed by atoms with Gasteiger partial charge in [0.1, 0.15) is 5.82 Å². The first-order valence-electron chi connectivity index (χ1n) is 11.0. The van der Waals surface area contributed by atoms with Gasteiger partial charge in [0.15, 0.2) is 11.5 Å². The van der Waals surface area contributed by atoms with Gasteiger partial charge in [-0.15, -0.1) is 10.2 Å². The number of carboxylic acids is 1. The maximum absolute atomic E-state index is 12.1. The Morgan fingerprint density at radius 3 is 2.56 bits per heavy atom. The second kappa shape index (κ2) is 10.1. The second-order valence-corrected chi connectivity index (χ2v) is 7.88. The topological polar surface area (TPSA) is 139 Å². The summed E-state index contributed by atoms with van der Waals surface area (Å²) >= 11 is 0. The molecule has 0 aliphatic heterocycles. The molecule has 174 valence electrons. The summed E-state index contributed by atoms with van der Waals surface area (Å²) in [7, 11) is 0. The number of hydrogen-bond acceptors (Lipinski definition) is 6. The maximum atomic E-state index is 12.1. The van der Waals surface area contributed by atoms with Crippen LogP contribution < -0.4 is 5.32 Å². The van der Waals surface area contributed by atoms with Gasteiger partial charge in [-0.05, 0) is 34.4 Å². The van der Waals surface area contributed by atoms with Gasteiger partial charge in [-0.1, -0.05) is 55.8 Å². The molecule has 0 radical (unpaired) electrons. The van der Waals surface area contributed by atoms with Crippen molar-refractivity contribution < 1.29 is 14.7 Å². The third kappa shape index (κ3) is 4.85. The van der Waals surface area contributed by atoms with Crippen LogP contribution in [0.3, 0.4) is 0 Å². The zero-order valence-electron chi connectivity index (χ0n) is 18.9. The highest BCUT2D eigenvalue weighted by Crippen LogP contribution is 2.31. The third-order valence-electron chi connectivity index (χ3n) is 5.39. The summed E-state index contributed by atoms with van der Waals surface area (Å²) in [6.07, 6.45) is 2.37. The number of H-pyrrole nitrogens is 1. The number of aromatic nitrogens is 6. The van der Waals surface area contributed by atoms with E-state index in [0.29, 0.717) is 18.1 Å². The molecule has 0 aliphatic carbocycles. The minimum absolute atomic E-state index is 0.0467. The average molecular weight is 460 g/mol. The number of amides is 1. The molecule has 1 amide bonds. The van der Waals surface area contributed by atoms with Gasteiger partial charge in [0.05, 0.1) is 0 Å². The van der Waals surface area contributed by atoms with Crippen molar-refractivity contribution in [1.29, 1.82) is 0 Å². The van der Waals surface area contributed by atoms with Gasteiger partial charge in [-0.2, -0.15) is 5.21 Å². The van der Waals surface area contributed by atoms with Crippen molar-refractivity contribution in [1.82, 2.24) is 30.2 Å². The predicted octanol–water partition coefficient (Wildman–Crippen LogP) is 3.78. The van der Waals surface area contributed by atoms with E-state index in [-0.39, 0.29) is 24.0 Å². The number of nitrogens with one attached hydrogen (secondary N) is 2. The van der Waals surface area contributed by atoms with E-state index >= 15 is 0 Å². The van der Waals surface area contributed by atoms with Crippen molar-refractivity contribution in [3.05, 3.63) is 65.6 Å². The van der Waals surface area contributed by atoms with Crippen molar-refractivity contribution in [2.24, 2.45) is 0 Å². The second-order valence-electron chi connectivity index (χ2n) is 7.88. The molecular weight excluding hydrogens is 434 g/mol. The number of aromatic carboxylic acids is 1. The molecule has 2 aromatic heterocycles. The third-order valence-corrected chi connectivity index (χ3v) is 5.39. The highest BCUT2D eigenvalue weighted by molar-refractivity contribution is 5.97. The number of tetrazole rings is 1. The van der Waals surface area contributed by atoms with Crippen LogP contribution in [0.5, 0.6) is 0 Å². The fourth-order valence-electron chi connectivity index (χ4n) is 3.87. The molecule has 10 heteroatoms. The summed E-state index contributed by atoms with van der Waals surface area (Å²) in [6, 6.07) is 15.7. The predicted molar refractivity (Wildman–Crippen MR) is 126 cm³/mol. The number of imidazole rings is 1. The van der Waals surface area contributed by atoms with Crippen LogP contribution in [0.1, 0.15) is 48.6 Å². The highest BCUT2D eigenvalue weighted by atomic mass is 16.4. The molecular formula is C24H25N7O3. The molecule has 0 bridgehead atoms. The molecule has 0 spiro atoms. The van der Waals surface area contributed by atoms with Crippen molar-refractivity contribution in [3.63, 3.8) is 0 Å². The summed E-state index contributed by atoms with van der Waals surface area (Å²) in [4.78, 5) is 28.3. The first kappa shape index (κ1) is 22.8. The SMILES string of the molecule is CCCCc1nc(NC(C)=O)c(C(=O)O)n1Cc1ccc(-c2ccccc2)c(-c2nn[nH]n2)c1. The molecule has 34 heavy (non-hydrogen) atoms. The van der Waals surface area contributed by atoms with Gasteiger partial charge >= 0.3 is 5.97 Å². The minimum Gasteiger partial charge on any atom is -0.476 e. The number of carbonyl (C=O) groups is 2. The average Bonchev–Trinajstić information content (AvgIpc) is 3.46. The number of benzene rings is 2. The Morgan fingerprint density at radius 2 is 1.91 bits per heavy atom. The molecule has 4 rings (SSSR count). The fraction of sp³-hybridized carbons (Fsp3) is 0.250. The van der Waals surface area contributed by atoms with E-state index in [1.54, 1.807) is 4.57 Å². The molecule has 0 unspecified atom stereocenters. The monoisotopic (exact) mass is 459 g/mol. The molecule has 0 saturated carbocycles. The maximum Gasteiger partial charge on any atom is 0.356 e. The summed E-state index contributed by atoms with van der Waals surface area (Å²) < 4.78 is 1.65. The van der Waals surface area contributed by atoms with Crippen molar-refractivity contribution in [2.45, 2.75) is 39.7 Å². The zero-order valence-corrected chi connectivity index (χ0v) is 18.9. The normalized spacial score (nSPS) is 10.9. The number of unbranched alkanes of at least 4 members (excludes halogenated alkanes) is 1. The molecule has 10 nitrogen and oxygen atoms in total. The van der Waals surface area contributed by atoms with Crippen LogP contribution in [0.4, 0.5) is 5.82 Å². The minimum atomic E-state index is -1.15. The Bertz CT molecular complexity index is 1300. The number of anilines is 1. The van der Waals surface area contributed by atoms with E-state index in [2.05, 4.69) is 37.8 Å².